The van der Waals surface area contributed by atoms with Crippen LogP contribution in [0, 0.1) is 32.4 Å². The van der Waals surface area contributed by atoms with Crippen molar-refractivity contribution in [2.75, 3.05) is 13.2 Å². The Hall–Kier alpha value is -2.86. The molecule has 0 spiro atoms. The Kier molecular flexibility index (Phi) is 6.23. The number of hydrogen-bond acceptors (Lipinski definition) is 4. The third kappa shape index (κ3) is 4.27. The minimum absolute atomic E-state index is 0.186. The Morgan fingerprint density at radius 2 is 1.79 bits per heavy atom. The monoisotopic (exact) mass is 397 g/mol. The van der Waals surface area contributed by atoms with Crippen molar-refractivity contribution in [3.05, 3.63) is 76.2 Å². The first-order valence-corrected chi connectivity index (χ1v) is 9.58. The topological polar surface area (TPSA) is 61.0 Å². The summed E-state index contributed by atoms with van der Waals surface area (Å²) < 4.78 is 34.3. The zero-order chi connectivity index (χ0) is 21.1. The Morgan fingerprint density at radius 1 is 1.03 bits per heavy atom. The minimum atomic E-state index is -0.679. The summed E-state index contributed by atoms with van der Waals surface area (Å²) in [6.07, 6.45) is 1.73. The molecule has 152 valence electrons. The molecule has 29 heavy (non-hydrogen) atoms. The molecule has 0 aliphatic heterocycles. The van der Waals surface area contributed by atoms with Gasteiger partial charge in [-0.15, -0.1) is 0 Å². The molecule has 0 fully saturated rings. The van der Waals surface area contributed by atoms with Gasteiger partial charge in [-0.2, -0.15) is 0 Å². The molecule has 0 bridgehead atoms. The lowest BCUT2D eigenvalue weighted by Crippen LogP contribution is -2.16. The third-order valence-electron chi connectivity index (χ3n) is 4.89. The van der Waals surface area contributed by atoms with Crippen LogP contribution in [0.1, 0.15) is 40.9 Å². The fraction of sp³-hybridized carbons (Fsp3) is 0.304. The lowest BCUT2D eigenvalue weighted by molar-refractivity contribution is 0.337. The van der Waals surface area contributed by atoms with Crippen LogP contribution in [0.25, 0.3) is 11.3 Å². The molecule has 1 unspecified atom stereocenters. The normalized spacial score (nSPS) is 12.1. The van der Waals surface area contributed by atoms with Crippen molar-refractivity contribution in [3.63, 3.8) is 0 Å². The average molecular weight is 397 g/mol. The Balaban J connectivity index is 2.23. The first-order valence-electron chi connectivity index (χ1n) is 9.58. The molecule has 2 aromatic heterocycles. The number of rotatable bonds is 6. The van der Waals surface area contributed by atoms with E-state index >= 15 is 0 Å². The van der Waals surface area contributed by atoms with Crippen LogP contribution >= 0.6 is 0 Å². The number of hydrogen-bond donors (Lipinski definition) is 1. The number of halogens is 2. The van der Waals surface area contributed by atoms with Crippen molar-refractivity contribution in [1.29, 1.82) is 0 Å². The van der Waals surface area contributed by atoms with Gasteiger partial charge in [-0.05, 0) is 68.7 Å². The van der Waals surface area contributed by atoms with Crippen LogP contribution in [-0.4, -0.2) is 23.1 Å². The average Bonchev–Trinajstić information content (AvgIpc) is 2.67. The van der Waals surface area contributed by atoms with E-state index in [1.165, 1.54) is 6.07 Å². The quantitative estimate of drug-likeness (QED) is 0.647. The highest BCUT2D eigenvalue weighted by Crippen LogP contribution is 2.37. The summed E-state index contributed by atoms with van der Waals surface area (Å²) in [5.41, 5.74) is 10.4. The zero-order valence-electron chi connectivity index (χ0n) is 17.1. The molecule has 0 saturated carbocycles. The molecule has 1 aromatic carbocycles. The van der Waals surface area contributed by atoms with E-state index in [-0.39, 0.29) is 11.5 Å². The van der Waals surface area contributed by atoms with E-state index in [0.29, 0.717) is 35.9 Å². The maximum absolute atomic E-state index is 14.7. The van der Waals surface area contributed by atoms with Crippen LogP contribution < -0.4 is 10.5 Å². The molecule has 0 amide bonds. The Bertz CT molecular complexity index is 1040. The van der Waals surface area contributed by atoms with Gasteiger partial charge >= 0.3 is 0 Å². The second-order valence-corrected chi connectivity index (χ2v) is 7.07. The number of aryl methyl sites for hydroxylation is 3. The van der Waals surface area contributed by atoms with Crippen LogP contribution in [0.15, 0.2) is 36.5 Å². The molecule has 3 rings (SSSR count). The van der Waals surface area contributed by atoms with Gasteiger partial charge in [0.05, 0.1) is 12.3 Å². The van der Waals surface area contributed by atoms with Crippen LogP contribution in [0.5, 0.6) is 5.75 Å². The van der Waals surface area contributed by atoms with Crippen molar-refractivity contribution in [1.82, 2.24) is 9.97 Å². The summed E-state index contributed by atoms with van der Waals surface area (Å²) >= 11 is 0. The summed E-state index contributed by atoms with van der Waals surface area (Å²) in [5, 5.41) is 0. The van der Waals surface area contributed by atoms with E-state index in [1.54, 1.807) is 13.1 Å². The maximum atomic E-state index is 14.7. The van der Waals surface area contributed by atoms with Crippen molar-refractivity contribution in [2.24, 2.45) is 5.73 Å². The van der Waals surface area contributed by atoms with E-state index in [9.17, 15) is 8.78 Å². The highest BCUT2D eigenvalue weighted by molar-refractivity contribution is 5.70. The van der Waals surface area contributed by atoms with Crippen LogP contribution in [0.3, 0.4) is 0 Å². The van der Waals surface area contributed by atoms with Crippen molar-refractivity contribution < 1.29 is 13.5 Å². The fourth-order valence-corrected chi connectivity index (χ4v) is 3.42. The molecule has 0 aliphatic carbocycles. The second kappa shape index (κ2) is 8.66. The molecule has 0 radical (unpaired) electrons. The van der Waals surface area contributed by atoms with Gasteiger partial charge in [0.1, 0.15) is 23.1 Å². The summed E-state index contributed by atoms with van der Waals surface area (Å²) in [6, 6.07) is 8.13. The number of ether oxygens (including phenoxy) is 1. The molecule has 3 aromatic rings. The number of nitrogens with zero attached hydrogens (tertiary/aromatic N) is 2. The van der Waals surface area contributed by atoms with Gasteiger partial charge in [0.2, 0.25) is 0 Å². The summed E-state index contributed by atoms with van der Waals surface area (Å²) in [6.45, 7) is 7.98. The number of aromatic nitrogens is 2. The fourth-order valence-electron chi connectivity index (χ4n) is 3.42. The smallest absolute Gasteiger partial charge is 0.148 e. The number of benzene rings is 1. The van der Waals surface area contributed by atoms with Crippen molar-refractivity contribution in [2.45, 2.75) is 33.6 Å². The first kappa shape index (κ1) is 20.9. The first-order chi connectivity index (χ1) is 13.8. The van der Waals surface area contributed by atoms with Crippen molar-refractivity contribution >= 4 is 0 Å². The molecular weight excluding hydrogens is 372 g/mol. The van der Waals surface area contributed by atoms with Crippen molar-refractivity contribution in [3.8, 4) is 17.0 Å². The lowest BCUT2D eigenvalue weighted by Gasteiger charge is -2.20. The van der Waals surface area contributed by atoms with Crippen LogP contribution in [0.4, 0.5) is 8.78 Å². The van der Waals surface area contributed by atoms with E-state index in [2.05, 4.69) is 4.98 Å². The number of pyridine rings is 2. The van der Waals surface area contributed by atoms with Gasteiger partial charge in [-0.25, -0.2) is 13.8 Å². The predicted molar refractivity (Wildman–Crippen MR) is 110 cm³/mol. The van der Waals surface area contributed by atoms with Gasteiger partial charge in [-0.3, -0.25) is 4.98 Å². The largest absolute Gasteiger partial charge is 0.491 e. The second-order valence-electron chi connectivity index (χ2n) is 7.07. The molecule has 1 atom stereocenters. The Morgan fingerprint density at radius 3 is 2.45 bits per heavy atom. The van der Waals surface area contributed by atoms with Crippen LogP contribution in [0.2, 0.25) is 0 Å². The van der Waals surface area contributed by atoms with Crippen LogP contribution in [-0.2, 0) is 0 Å². The molecule has 0 aliphatic rings. The summed E-state index contributed by atoms with van der Waals surface area (Å²) in [7, 11) is 0. The van der Waals surface area contributed by atoms with Gasteiger partial charge in [0, 0.05) is 36.0 Å². The number of nitrogens with two attached hydrogens (primary N) is 1. The van der Waals surface area contributed by atoms with Gasteiger partial charge in [-0.1, -0.05) is 0 Å². The molecule has 2 N–H and O–H groups in total. The standard InChI is InChI=1S/C23H25F2N3O/c1-5-29-23-14(3)9-21(18(12-26)16-6-7-27-15(4)10-16)28-22(23)17-8-13(2)19(24)11-20(17)25/h6-11,18H,5,12,26H2,1-4H3. The van der Waals surface area contributed by atoms with E-state index in [0.717, 1.165) is 22.9 Å². The molecule has 2 heterocycles. The SMILES string of the molecule is CCOc1c(C)cc(C(CN)c2ccnc(C)c2)nc1-c1cc(C)c(F)cc1F. The lowest BCUT2D eigenvalue weighted by atomic mass is 9.93. The van der Waals surface area contributed by atoms with Gasteiger partial charge in [0.25, 0.3) is 0 Å². The minimum Gasteiger partial charge on any atom is -0.491 e. The molecular formula is C23H25F2N3O. The molecule has 6 heteroatoms. The molecule has 4 nitrogen and oxygen atoms in total. The third-order valence-corrected chi connectivity index (χ3v) is 4.89. The van der Waals surface area contributed by atoms with E-state index in [1.807, 2.05) is 39.0 Å². The summed E-state index contributed by atoms with van der Waals surface area (Å²) in [5.74, 6) is -0.969. The van der Waals surface area contributed by atoms with Gasteiger partial charge in [0.15, 0.2) is 0 Å². The molecule has 0 saturated heterocycles. The Labute approximate surface area is 169 Å². The zero-order valence-corrected chi connectivity index (χ0v) is 17.1. The highest BCUT2D eigenvalue weighted by Gasteiger charge is 2.22. The highest BCUT2D eigenvalue weighted by atomic mass is 19.1. The van der Waals surface area contributed by atoms with E-state index in [4.69, 9.17) is 15.5 Å². The van der Waals surface area contributed by atoms with Gasteiger partial charge < -0.3 is 10.5 Å². The predicted octanol–water partition coefficient (Wildman–Crippen LogP) is 4.84. The summed E-state index contributed by atoms with van der Waals surface area (Å²) in [4.78, 5) is 8.98. The van der Waals surface area contributed by atoms with E-state index < -0.39 is 11.6 Å². The maximum Gasteiger partial charge on any atom is 0.148 e.